The number of unbranched alkanes of at least 4 members (excludes halogenated alkanes) is 2. The molecule has 2 aliphatic rings. The molecule has 0 unspecified atom stereocenters. The highest BCUT2D eigenvalue weighted by atomic mass is 19.2. The quantitative estimate of drug-likeness (QED) is 0.213. The summed E-state index contributed by atoms with van der Waals surface area (Å²) in [6.07, 6.45) is 13.1. The van der Waals surface area contributed by atoms with Crippen LogP contribution in [0.15, 0.2) is 18.2 Å². The SMILES string of the molecule is CCCCCC1CCC(C2CCC(c3cc(F)c(C(=O)O)c(F)c3-c3cc(F)c(F)c(F)c3)CC2)CC1. The van der Waals surface area contributed by atoms with Gasteiger partial charge in [-0.2, -0.15) is 0 Å². The van der Waals surface area contributed by atoms with E-state index in [2.05, 4.69) is 6.92 Å². The van der Waals surface area contributed by atoms with Gasteiger partial charge >= 0.3 is 5.97 Å². The first kappa shape index (κ1) is 27.6. The Morgan fingerprint density at radius 2 is 1.35 bits per heavy atom. The molecule has 37 heavy (non-hydrogen) atoms. The minimum absolute atomic E-state index is 0.184. The van der Waals surface area contributed by atoms with E-state index in [0.717, 1.165) is 24.8 Å². The third kappa shape index (κ3) is 6.01. The fourth-order valence-electron chi connectivity index (χ4n) is 6.68. The van der Waals surface area contributed by atoms with Gasteiger partial charge in [-0.1, -0.05) is 45.4 Å². The van der Waals surface area contributed by atoms with Crippen LogP contribution in [0, 0.1) is 46.8 Å². The molecule has 0 aromatic heterocycles. The molecule has 0 heterocycles. The van der Waals surface area contributed by atoms with Gasteiger partial charge in [0.05, 0.1) is 0 Å². The van der Waals surface area contributed by atoms with Crippen molar-refractivity contribution < 1.29 is 31.9 Å². The second-order valence-electron chi connectivity index (χ2n) is 11.0. The fourth-order valence-corrected chi connectivity index (χ4v) is 6.68. The summed E-state index contributed by atoms with van der Waals surface area (Å²) in [7, 11) is 0. The second kappa shape index (κ2) is 12.0. The molecule has 2 aliphatic carbocycles. The van der Waals surface area contributed by atoms with E-state index in [1.165, 1.54) is 51.4 Å². The van der Waals surface area contributed by atoms with E-state index >= 15 is 4.39 Å². The highest BCUT2D eigenvalue weighted by molar-refractivity contribution is 5.91. The van der Waals surface area contributed by atoms with Crippen LogP contribution in [-0.4, -0.2) is 11.1 Å². The van der Waals surface area contributed by atoms with E-state index in [1.54, 1.807) is 0 Å². The highest BCUT2D eigenvalue weighted by Gasteiger charge is 2.34. The standard InChI is InChI=1S/C30H35F5O2/c1-2-3-4-5-17-6-8-18(9-7-17)19-10-12-20(13-11-19)22-16-23(31)27(30(36)37)29(35)26(22)21-14-24(32)28(34)25(33)15-21/h14-20H,2-13H2,1H3,(H,36,37). The minimum Gasteiger partial charge on any atom is -0.477 e. The van der Waals surface area contributed by atoms with Crippen LogP contribution >= 0.6 is 0 Å². The van der Waals surface area contributed by atoms with E-state index in [0.29, 0.717) is 36.8 Å². The molecule has 2 saturated carbocycles. The smallest absolute Gasteiger partial charge is 0.341 e. The van der Waals surface area contributed by atoms with E-state index in [4.69, 9.17) is 0 Å². The molecule has 2 nitrogen and oxygen atoms in total. The topological polar surface area (TPSA) is 37.3 Å². The number of halogens is 5. The number of carbonyl (C=O) groups is 1. The average molecular weight is 523 g/mol. The van der Waals surface area contributed by atoms with E-state index in [1.807, 2.05) is 0 Å². The number of benzene rings is 2. The van der Waals surface area contributed by atoms with Gasteiger partial charge < -0.3 is 5.11 Å². The van der Waals surface area contributed by atoms with Gasteiger partial charge in [0.1, 0.15) is 17.2 Å². The zero-order valence-corrected chi connectivity index (χ0v) is 21.3. The van der Waals surface area contributed by atoms with Gasteiger partial charge in [0.25, 0.3) is 0 Å². The summed E-state index contributed by atoms with van der Waals surface area (Å²) in [4.78, 5) is 11.5. The molecule has 202 valence electrons. The second-order valence-corrected chi connectivity index (χ2v) is 11.0. The molecule has 0 atom stereocenters. The highest BCUT2D eigenvalue weighted by Crippen LogP contribution is 2.47. The number of aromatic carboxylic acids is 1. The van der Waals surface area contributed by atoms with Crippen molar-refractivity contribution in [1.82, 2.24) is 0 Å². The summed E-state index contributed by atoms with van der Waals surface area (Å²) in [5.41, 5.74) is -1.71. The Bertz CT molecular complexity index is 1090. The van der Waals surface area contributed by atoms with Gasteiger partial charge in [0, 0.05) is 5.56 Å². The van der Waals surface area contributed by atoms with Crippen molar-refractivity contribution in [2.24, 2.45) is 17.8 Å². The first-order valence-electron chi connectivity index (χ1n) is 13.6. The molecule has 0 radical (unpaired) electrons. The monoisotopic (exact) mass is 522 g/mol. The van der Waals surface area contributed by atoms with E-state index in [-0.39, 0.29) is 22.6 Å². The third-order valence-electron chi connectivity index (χ3n) is 8.72. The molecule has 4 rings (SSSR count). The molecule has 0 spiro atoms. The maximum absolute atomic E-state index is 15.4. The van der Waals surface area contributed by atoms with Crippen molar-refractivity contribution in [2.75, 3.05) is 0 Å². The van der Waals surface area contributed by atoms with Gasteiger partial charge in [-0.05, 0) is 91.5 Å². The maximum Gasteiger partial charge on any atom is 0.341 e. The Kier molecular flexibility index (Phi) is 8.91. The van der Waals surface area contributed by atoms with Crippen molar-refractivity contribution in [3.8, 4) is 11.1 Å². The molecule has 0 amide bonds. The summed E-state index contributed by atoms with van der Waals surface area (Å²) in [5.74, 6) is -7.47. The summed E-state index contributed by atoms with van der Waals surface area (Å²) >= 11 is 0. The molecule has 7 heteroatoms. The lowest BCUT2D eigenvalue weighted by molar-refractivity contribution is 0.0686. The Balaban J connectivity index is 1.53. The Hall–Kier alpha value is -2.44. The predicted molar refractivity (Wildman–Crippen MR) is 133 cm³/mol. The molecule has 2 fully saturated rings. The maximum atomic E-state index is 15.4. The van der Waals surface area contributed by atoms with Crippen LogP contribution in [-0.2, 0) is 0 Å². The van der Waals surface area contributed by atoms with Gasteiger partial charge in [0.2, 0.25) is 0 Å². The van der Waals surface area contributed by atoms with Crippen LogP contribution in [0.3, 0.4) is 0 Å². The zero-order valence-electron chi connectivity index (χ0n) is 21.3. The van der Waals surface area contributed by atoms with Crippen LogP contribution in [0.1, 0.15) is 106 Å². The fraction of sp³-hybridized carbons (Fsp3) is 0.567. The lowest BCUT2D eigenvalue weighted by Gasteiger charge is -2.38. The Morgan fingerprint density at radius 3 is 1.89 bits per heavy atom. The lowest BCUT2D eigenvalue weighted by Crippen LogP contribution is -2.25. The molecule has 2 aromatic carbocycles. The molecular formula is C30H35F5O2. The van der Waals surface area contributed by atoms with Crippen LogP contribution < -0.4 is 0 Å². The minimum atomic E-state index is -1.82. The van der Waals surface area contributed by atoms with Crippen molar-refractivity contribution in [3.05, 3.63) is 58.4 Å². The summed E-state index contributed by atoms with van der Waals surface area (Å²) < 4.78 is 71.7. The van der Waals surface area contributed by atoms with Gasteiger partial charge in [-0.15, -0.1) is 0 Å². The molecule has 1 N–H and O–H groups in total. The van der Waals surface area contributed by atoms with E-state index < -0.39 is 40.6 Å². The van der Waals surface area contributed by atoms with Crippen LogP contribution in [0.4, 0.5) is 22.0 Å². The molecule has 0 saturated heterocycles. The largest absolute Gasteiger partial charge is 0.477 e. The predicted octanol–water partition coefficient (Wildman–Crippen LogP) is 9.41. The molecule has 0 bridgehead atoms. The number of hydrogen-bond donors (Lipinski definition) is 1. The Labute approximate surface area is 215 Å². The average Bonchev–Trinajstić information content (AvgIpc) is 2.87. The van der Waals surface area contributed by atoms with Crippen LogP contribution in [0.2, 0.25) is 0 Å². The molecule has 2 aromatic rings. The van der Waals surface area contributed by atoms with Gasteiger partial charge in [-0.3, -0.25) is 0 Å². The Morgan fingerprint density at radius 1 is 0.784 bits per heavy atom. The van der Waals surface area contributed by atoms with E-state index in [9.17, 15) is 27.5 Å². The van der Waals surface area contributed by atoms with Crippen molar-refractivity contribution >= 4 is 5.97 Å². The number of hydrogen-bond acceptors (Lipinski definition) is 1. The lowest BCUT2D eigenvalue weighted by atomic mass is 9.67. The van der Waals surface area contributed by atoms with Crippen molar-refractivity contribution in [1.29, 1.82) is 0 Å². The third-order valence-corrected chi connectivity index (χ3v) is 8.72. The van der Waals surface area contributed by atoms with Gasteiger partial charge in [-0.25, -0.2) is 26.7 Å². The summed E-state index contributed by atoms with van der Waals surface area (Å²) in [6, 6.07) is 2.25. The van der Waals surface area contributed by atoms with Crippen LogP contribution in [0.5, 0.6) is 0 Å². The first-order chi connectivity index (χ1) is 17.7. The number of rotatable bonds is 8. The zero-order chi connectivity index (χ0) is 26.7. The molecular weight excluding hydrogens is 487 g/mol. The summed E-state index contributed by atoms with van der Waals surface area (Å²) in [6.45, 7) is 2.22. The van der Waals surface area contributed by atoms with Crippen LogP contribution in [0.25, 0.3) is 11.1 Å². The van der Waals surface area contributed by atoms with Crippen molar-refractivity contribution in [2.45, 2.75) is 89.9 Å². The van der Waals surface area contributed by atoms with Gasteiger partial charge in [0.15, 0.2) is 17.5 Å². The first-order valence-corrected chi connectivity index (χ1v) is 13.6. The number of carboxylic acid groups (broad SMARTS) is 1. The molecule has 0 aliphatic heterocycles. The summed E-state index contributed by atoms with van der Waals surface area (Å²) in [5, 5.41) is 9.34. The normalized spacial score (nSPS) is 24.3. The number of carboxylic acids is 1. The van der Waals surface area contributed by atoms with Crippen molar-refractivity contribution in [3.63, 3.8) is 0 Å².